The van der Waals surface area contributed by atoms with E-state index in [1.165, 1.54) is 30.4 Å². The first-order valence-corrected chi connectivity index (χ1v) is 10.6. The van der Waals surface area contributed by atoms with Crippen LogP contribution in [0.5, 0.6) is 0 Å². The number of hydrogen-bond acceptors (Lipinski definition) is 4. The van der Waals surface area contributed by atoms with E-state index >= 15 is 0 Å². The summed E-state index contributed by atoms with van der Waals surface area (Å²) >= 11 is 0. The monoisotopic (exact) mass is 371 g/mol. The van der Waals surface area contributed by atoms with E-state index in [-0.39, 0.29) is 17.4 Å². The van der Waals surface area contributed by atoms with E-state index in [1.54, 1.807) is 0 Å². The fraction of sp³-hybridized carbons (Fsp3) is 0.682. The highest BCUT2D eigenvalue weighted by atomic mass is 16.5. The minimum atomic E-state index is -0.179. The van der Waals surface area contributed by atoms with Crippen molar-refractivity contribution >= 4 is 5.91 Å². The molecule has 1 aromatic rings. The van der Waals surface area contributed by atoms with E-state index in [4.69, 9.17) is 4.74 Å². The van der Waals surface area contributed by atoms with Gasteiger partial charge in [0.05, 0.1) is 24.7 Å². The third-order valence-corrected chi connectivity index (χ3v) is 6.89. The Labute approximate surface area is 162 Å². The summed E-state index contributed by atoms with van der Waals surface area (Å²) in [6.07, 6.45) is 4.66. The number of carbonyl (C=O) groups excluding carboxylic acids is 1. The molecule has 3 aliphatic rings. The zero-order valence-electron chi connectivity index (χ0n) is 16.5. The van der Waals surface area contributed by atoms with Gasteiger partial charge in [0.25, 0.3) is 0 Å². The van der Waals surface area contributed by atoms with Gasteiger partial charge in [0.15, 0.2) is 0 Å². The summed E-state index contributed by atoms with van der Waals surface area (Å²) in [7, 11) is 0. The molecule has 0 spiro atoms. The number of amides is 1. The van der Waals surface area contributed by atoms with Crippen molar-refractivity contribution < 1.29 is 9.53 Å². The van der Waals surface area contributed by atoms with Crippen LogP contribution in [0.2, 0.25) is 0 Å². The molecule has 4 rings (SSSR count). The van der Waals surface area contributed by atoms with Crippen molar-refractivity contribution in [1.29, 1.82) is 0 Å². The van der Waals surface area contributed by atoms with E-state index in [9.17, 15) is 4.79 Å². The third-order valence-electron chi connectivity index (χ3n) is 6.89. The Morgan fingerprint density at radius 3 is 2.85 bits per heavy atom. The van der Waals surface area contributed by atoms with E-state index in [0.29, 0.717) is 12.5 Å². The summed E-state index contributed by atoms with van der Waals surface area (Å²) in [5.74, 6) is 0.773. The molecule has 1 unspecified atom stereocenters. The molecular weight excluding hydrogens is 338 g/mol. The molecule has 148 valence electrons. The lowest BCUT2D eigenvalue weighted by atomic mass is 9.67. The van der Waals surface area contributed by atoms with E-state index < -0.39 is 0 Å². The second-order valence-electron chi connectivity index (χ2n) is 8.51. The van der Waals surface area contributed by atoms with Gasteiger partial charge < -0.3 is 15.4 Å². The van der Waals surface area contributed by atoms with Crippen LogP contribution < -0.4 is 10.6 Å². The number of hydrogen-bond donors (Lipinski definition) is 2. The summed E-state index contributed by atoms with van der Waals surface area (Å²) in [6, 6.07) is 8.97. The van der Waals surface area contributed by atoms with Crippen LogP contribution in [0.4, 0.5) is 0 Å². The highest BCUT2D eigenvalue weighted by Gasteiger charge is 2.49. The van der Waals surface area contributed by atoms with E-state index in [0.717, 1.165) is 45.8 Å². The van der Waals surface area contributed by atoms with Crippen molar-refractivity contribution in [3.05, 3.63) is 35.4 Å². The second kappa shape index (κ2) is 8.29. The molecule has 1 aliphatic carbocycles. The number of nitrogens with one attached hydrogen (secondary N) is 2. The molecule has 0 aromatic heterocycles. The molecule has 1 saturated carbocycles. The Morgan fingerprint density at radius 2 is 2.07 bits per heavy atom. The summed E-state index contributed by atoms with van der Waals surface area (Å²) in [4.78, 5) is 15.7. The van der Waals surface area contributed by atoms with Crippen molar-refractivity contribution in [2.24, 2.45) is 11.3 Å². The number of fused-ring (bicyclic) bond motifs is 1. The van der Waals surface area contributed by atoms with E-state index in [2.05, 4.69) is 46.7 Å². The lowest BCUT2D eigenvalue weighted by Crippen LogP contribution is -2.50. The molecule has 2 aliphatic heterocycles. The molecular formula is C22H33N3O2. The molecule has 1 amide bonds. The maximum atomic E-state index is 13.3. The predicted octanol–water partition coefficient (Wildman–Crippen LogP) is 2.26. The average molecular weight is 372 g/mol. The highest BCUT2D eigenvalue weighted by molar-refractivity contribution is 5.84. The summed E-state index contributed by atoms with van der Waals surface area (Å²) in [5, 5.41) is 6.85. The van der Waals surface area contributed by atoms with Crippen LogP contribution >= 0.6 is 0 Å². The number of nitrogens with zero attached hydrogens (tertiary/aromatic N) is 1. The molecule has 2 saturated heterocycles. The van der Waals surface area contributed by atoms with Crippen LogP contribution in [0.25, 0.3) is 0 Å². The van der Waals surface area contributed by atoms with Gasteiger partial charge in [0.1, 0.15) is 0 Å². The van der Waals surface area contributed by atoms with Gasteiger partial charge in [-0.05, 0) is 37.8 Å². The molecule has 3 fully saturated rings. The van der Waals surface area contributed by atoms with Gasteiger partial charge in [-0.2, -0.15) is 0 Å². The van der Waals surface area contributed by atoms with Gasteiger partial charge in [0, 0.05) is 26.2 Å². The Bertz CT molecular complexity index is 641. The normalized spacial score (nSPS) is 29.9. The second-order valence-corrected chi connectivity index (χ2v) is 8.51. The quantitative estimate of drug-likeness (QED) is 0.834. The Balaban J connectivity index is 1.48. The summed E-state index contributed by atoms with van der Waals surface area (Å²) in [5.41, 5.74) is 2.37. The molecule has 5 nitrogen and oxygen atoms in total. The third kappa shape index (κ3) is 3.91. The maximum Gasteiger partial charge on any atom is 0.227 e. The molecule has 1 aromatic carbocycles. The van der Waals surface area contributed by atoms with Crippen LogP contribution in [-0.4, -0.2) is 56.7 Å². The van der Waals surface area contributed by atoms with E-state index in [1.807, 2.05) is 0 Å². The average Bonchev–Trinajstić information content (AvgIpc) is 3.15. The molecule has 0 bridgehead atoms. The minimum absolute atomic E-state index is 0.179. The maximum absolute atomic E-state index is 13.3. The lowest BCUT2D eigenvalue weighted by molar-refractivity contribution is -0.134. The van der Waals surface area contributed by atoms with Crippen LogP contribution in [0.3, 0.4) is 0 Å². The van der Waals surface area contributed by atoms with Crippen molar-refractivity contribution in [2.45, 2.75) is 38.6 Å². The first-order chi connectivity index (χ1) is 13.2. The van der Waals surface area contributed by atoms with Crippen molar-refractivity contribution in [2.75, 3.05) is 45.9 Å². The first-order valence-electron chi connectivity index (χ1n) is 10.6. The first kappa shape index (κ1) is 18.9. The Morgan fingerprint density at radius 1 is 1.30 bits per heavy atom. The number of benzene rings is 1. The zero-order valence-corrected chi connectivity index (χ0v) is 16.5. The highest BCUT2D eigenvalue weighted by Crippen LogP contribution is 2.44. The fourth-order valence-electron chi connectivity index (χ4n) is 5.19. The van der Waals surface area contributed by atoms with Gasteiger partial charge in [-0.3, -0.25) is 9.69 Å². The number of rotatable bonds is 5. The molecule has 3 atom stereocenters. The van der Waals surface area contributed by atoms with Gasteiger partial charge >= 0.3 is 0 Å². The van der Waals surface area contributed by atoms with Crippen LogP contribution in [0.15, 0.2) is 24.3 Å². The smallest absolute Gasteiger partial charge is 0.227 e. The predicted molar refractivity (Wildman–Crippen MR) is 107 cm³/mol. The van der Waals surface area contributed by atoms with Crippen molar-refractivity contribution in [3.8, 4) is 0 Å². The fourth-order valence-corrected chi connectivity index (χ4v) is 5.19. The molecule has 0 radical (unpaired) electrons. The van der Waals surface area contributed by atoms with Crippen LogP contribution in [0.1, 0.15) is 42.9 Å². The van der Waals surface area contributed by atoms with Crippen molar-refractivity contribution in [3.63, 3.8) is 0 Å². The Kier molecular flexibility index (Phi) is 5.81. The molecule has 5 heteroatoms. The SMILES string of the molecule is Cc1ccc(C(CNC(=O)[C@@]23CCCC[C@H]2CNC3)N2CCOCC2)cc1. The topological polar surface area (TPSA) is 53.6 Å². The number of ether oxygens (including phenoxy) is 1. The summed E-state index contributed by atoms with van der Waals surface area (Å²) in [6.45, 7) is 8.02. The van der Waals surface area contributed by atoms with Gasteiger partial charge in [-0.25, -0.2) is 0 Å². The molecule has 2 N–H and O–H groups in total. The Hall–Kier alpha value is -1.43. The molecule has 2 heterocycles. The van der Waals surface area contributed by atoms with Crippen LogP contribution in [0, 0.1) is 18.3 Å². The summed E-state index contributed by atoms with van der Waals surface area (Å²) < 4.78 is 5.54. The number of morpholine rings is 1. The largest absolute Gasteiger partial charge is 0.379 e. The standard InChI is InChI=1S/C22H33N3O2/c1-17-5-7-18(8-6-17)20(25-10-12-27-13-11-25)15-24-21(26)22-9-3-2-4-19(22)14-23-16-22/h5-8,19-20,23H,2-4,9-16H2,1H3,(H,24,26)/t19-,20?,22+/m0/s1. The number of aryl methyl sites for hydroxylation is 1. The van der Waals surface area contributed by atoms with Crippen LogP contribution in [-0.2, 0) is 9.53 Å². The lowest BCUT2D eigenvalue weighted by Gasteiger charge is -2.39. The van der Waals surface area contributed by atoms with Gasteiger partial charge in [0.2, 0.25) is 5.91 Å². The minimum Gasteiger partial charge on any atom is -0.379 e. The molecule has 27 heavy (non-hydrogen) atoms. The van der Waals surface area contributed by atoms with Gasteiger partial charge in [-0.15, -0.1) is 0 Å². The van der Waals surface area contributed by atoms with Gasteiger partial charge in [-0.1, -0.05) is 42.7 Å². The zero-order chi connectivity index (χ0) is 18.7. The number of carbonyl (C=O) groups is 1. The van der Waals surface area contributed by atoms with Crippen molar-refractivity contribution in [1.82, 2.24) is 15.5 Å².